The number of anilines is 1. The first-order valence-corrected chi connectivity index (χ1v) is 6.70. The van der Waals surface area contributed by atoms with Gasteiger partial charge < -0.3 is 15.9 Å². The van der Waals surface area contributed by atoms with E-state index in [0.29, 0.717) is 23.8 Å². The van der Waals surface area contributed by atoms with Crippen LogP contribution in [-0.4, -0.2) is 44.3 Å². The summed E-state index contributed by atoms with van der Waals surface area (Å²) in [4.78, 5) is 27.9. The van der Waals surface area contributed by atoms with Gasteiger partial charge in [0.2, 0.25) is 0 Å². The predicted molar refractivity (Wildman–Crippen MR) is 78.0 cm³/mol. The summed E-state index contributed by atoms with van der Waals surface area (Å²) in [6.07, 6.45) is -3.47. The summed E-state index contributed by atoms with van der Waals surface area (Å²) in [5.41, 5.74) is 6.43. The molecule has 0 amide bonds. The van der Waals surface area contributed by atoms with E-state index < -0.39 is 24.2 Å². The number of nitrogens with zero attached hydrogens (tertiary/aromatic N) is 2. The van der Waals surface area contributed by atoms with Crippen molar-refractivity contribution in [3.05, 3.63) is 17.6 Å². The molecule has 8 nitrogen and oxygen atoms in total. The zero-order valence-corrected chi connectivity index (χ0v) is 13.3. The van der Waals surface area contributed by atoms with Crippen molar-refractivity contribution < 1.29 is 33.0 Å². The van der Waals surface area contributed by atoms with E-state index in [-0.39, 0.29) is 5.92 Å². The highest BCUT2D eigenvalue weighted by molar-refractivity contribution is 5.73. The molecule has 0 saturated heterocycles. The van der Waals surface area contributed by atoms with E-state index in [1.54, 1.807) is 13.1 Å². The molecule has 1 aromatic heterocycles. The monoisotopic (exact) mass is 352 g/mol. The predicted octanol–water partition coefficient (Wildman–Crippen LogP) is 1.20. The van der Waals surface area contributed by atoms with Crippen molar-refractivity contribution in [3.63, 3.8) is 0 Å². The first-order chi connectivity index (χ1) is 10.9. The van der Waals surface area contributed by atoms with Gasteiger partial charge in [-0.05, 0) is 12.8 Å². The van der Waals surface area contributed by atoms with Gasteiger partial charge in [0.05, 0.1) is 0 Å². The van der Waals surface area contributed by atoms with E-state index in [0.717, 1.165) is 0 Å². The molecular weight excluding hydrogens is 333 g/mol. The van der Waals surface area contributed by atoms with Crippen LogP contribution in [-0.2, 0) is 16.1 Å². The first-order valence-electron chi connectivity index (χ1n) is 6.70. The highest BCUT2D eigenvalue weighted by Gasteiger charge is 2.38. The minimum atomic E-state index is -5.08. The Morgan fingerprint density at radius 2 is 1.83 bits per heavy atom. The standard InChI is InChI=1S/C11H18N4O2.C2HF3O2/c1-6(2)9(11(16)17)14-5-8-4-13-7(3)15-10(8)12;3-2(4,5)1(6)7/h4,6,9,14H,5H2,1-3H3,(H,16,17)(H2,12,13,15);(H,6,7). The van der Waals surface area contributed by atoms with Crippen molar-refractivity contribution in [1.29, 1.82) is 0 Å². The van der Waals surface area contributed by atoms with Crippen LogP contribution in [0.15, 0.2) is 6.20 Å². The van der Waals surface area contributed by atoms with Crippen LogP contribution in [0.25, 0.3) is 0 Å². The number of nitrogens with two attached hydrogens (primary N) is 1. The van der Waals surface area contributed by atoms with Crippen LogP contribution in [0.1, 0.15) is 25.2 Å². The average molecular weight is 352 g/mol. The van der Waals surface area contributed by atoms with Gasteiger partial charge in [-0.25, -0.2) is 14.8 Å². The van der Waals surface area contributed by atoms with Gasteiger partial charge in [-0.15, -0.1) is 0 Å². The van der Waals surface area contributed by atoms with Crippen molar-refractivity contribution in [2.24, 2.45) is 5.92 Å². The summed E-state index contributed by atoms with van der Waals surface area (Å²) in [6, 6.07) is -0.601. The highest BCUT2D eigenvalue weighted by Crippen LogP contribution is 2.13. The number of alkyl halides is 3. The van der Waals surface area contributed by atoms with Crippen molar-refractivity contribution in [3.8, 4) is 0 Å². The molecule has 0 aromatic carbocycles. The van der Waals surface area contributed by atoms with Crippen molar-refractivity contribution in [2.75, 3.05) is 5.73 Å². The molecule has 1 aromatic rings. The number of aromatic nitrogens is 2. The summed E-state index contributed by atoms with van der Waals surface area (Å²) in [7, 11) is 0. The number of hydrogen-bond acceptors (Lipinski definition) is 6. The Hall–Kier alpha value is -2.43. The van der Waals surface area contributed by atoms with Gasteiger partial charge >= 0.3 is 18.1 Å². The maximum atomic E-state index is 11.0. The molecule has 0 aliphatic heterocycles. The van der Waals surface area contributed by atoms with Crippen LogP contribution in [0.4, 0.5) is 19.0 Å². The lowest BCUT2D eigenvalue weighted by atomic mass is 10.0. The minimum absolute atomic E-state index is 0.0000845. The van der Waals surface area contributed by atoms with E-state index in [4.69, 9.17) is 20.7 Å². The number of nitrogens with one attached hydrogen (secondary N) is 1. The van der Waals surface area contributed by atoms with Crippen LogP contribution in [0.2, 0.25) is 0 Å². The van der Waals surface area contributed by atoms with Gasteiger partial charge in [0.1, 0.15) is 17.7 Å². The molecule has 1 rings (SSSR count). The number of aliphatic carboxylic acids is 2. The zero-order valence-electron chi connectivity index (χ0n) is 13.3. The Kier molecular flexibility index (Phi) is 8.10. The molecule has 1 atom stereocenters. The lowest BCUT2D eigenvalue weighted by molar-refractivity contribution is -0.192. The van der Waals surface area contributed by atoms with Crippen molar-refractivity contribution in [1.82, 2.24) is 15.3 Å². The first kappa shape index (κ1) is 21.6. The van der Waals surface area contributed by atoms with Gasteiger partial charge in [0.15, 0.2) is 0 Å². The molecule has 11 heteroatoms. The maximum absolute atomic E-state index is 11.0. The fourth-order valence-corrected chi connectivity index (χ4v) is 1.48. The van der Waals surface area contributed by atoms with E-state index >= 15 is 0 Å². The third-order valence-corrected chi connectivity index (χ3v) is 2.71. The molecular formula is C13H19F3N4O4. The fraction of sp³-hybridized carbons (Fsp3) is 0.538. The van der Waals surface area contributed by atoms with E-state index in [1.807, 2.05) is 13.8 Å². The second kappa shape index (κ2) is 9.01. The highest BCUT2D eigenvalue weighted by atomic mass is 19.4. The van der Waals surface area contributed by atoms with Gasteiger partial charge in [-0.2, -0.15) is 13.2 Å². The molecule has 0 fully saturated rings. The third-order valence-electron chi connectivity index (χ3n) is 2.71. The fourth-order valence-electron chi connectivity index (χ4n) is 1.48. The average Bonchev–Trinajstić information content (AvgIpc) is 2.40. The van der Waals surface area contributed by atoms with Crippen molar-refractivity contribution in [2.45, 2.75) is 39.5 Å². The third kappa shape index (κ3) is 7.72. The number of carboxylic acid groups (broad SMARTS) is 2. The molecule has 5 N–H and O–H groups in total. The smallest absolute Gasteiger partial charge is 0.480 e. The number of hydrogen-bond donors (Lipinski definition) is 4. The molecule has 136 valence electrons. The Morgan fingerprint density at radius 1 is 1.33 bits per heavy atom. The maximum Gasteiger partial charge on any atom is 0.490 e. The summed E-state index contributed by atoms with van der Waals surface area (Å²) >= 11 is 0. The Bertz CT molecular complexity index is 579. The number of carboxylic acids is 2. The summed E-state index contributed by atoms with van der Waals surface area (Å²) in [6.45, 7) is 5.80. The lowest BCUT2D eigenvalue weighted by Crippen LogP contribution is -2.40. The van der Waals surface area contributed by atoms with E-state index in [9.17, 15) is 18.0 Å². The SMILES string of the molecule is Cc1ncc(CNC(C(=O)O)C(C)C)c(N)n1.O=C(O)C(F)(F)F. The molecule has 24 heavy (non-hydrogen) atoms. The molecule has 0 saturated carbocycles. The van der Waals surface area contributed by atoms with Crippen LogP contribution in [0.5, 0.6) is 0 Å². The van der Waals surface area contributed by atoms with Gasteiger partial charge in [-0.1, -0.05) is 13.8 Å². The Morgan fingerprint density at radius 3 is 2.17 bits per heavy atom. The molecule has 1 heterocycles. The summed E-state index contributed by atoms with van der Waals surface area (Å²) in [5, 5.41) is 19.1. The molecule has 0 radical (unpaired) electrons. The van der Waals surface area contributed by atoms with Gasteiger partial charge in [-0.3, -0.25) is 10.1 Å². The van der Waals surface area contributed by atoms with Gasteiger partial charge in [0.25, 0.3) is 0 Å². The largest absolute Gasteiger partial charge is 0.490 e. The van der Waals surface area contributed by atoms with Crippen LogP contribution >= 0.6 is 0 Å². The van der Waals surface area contributed by atoms with Crippen molar-refractivity contribution >= 4 is 17.8 Å². The van der Waals surface area contributed by atoms with Crippen LogP contribution in [0.3, 0.4) is 0 Å². The van der Waals surface area contributed by atoms with Crippen LogP contribution < -0.4 is 11.1 Å². The van der Waals surface area contributed by atoms with E-state index in [2.05, 4.69) is 15.3 Å². The minimum Gasteiger partial charge on any atom is -0.480 e. The molecule has 0 spiro atoms. The number of rotatable bonds is 5. The number of aryl methyl sites for hydroxylation is 1. The molecule has 0 aliphatic carbocycles. The molecule has 0 bridgehead atoms. The second-order valence-electron chi connectivity index (χ2n) is 5.07. The normalized spacial score (nSPS) is 12.3. The summed E-state index contributed by atoms with van der Waals surface area (Å²) < 4.78 is 31.7. The van der Waals surface area contributed by atoms with Gasteiger partial charge in [0, 0.05) is 18.3 Å². The Labute approximate surface area is 135 Å². The topological polar surface area (TPSA) is 138 Å². The number of carbonyl (C=O) groups is 2. The number of halogens is 3. The zero-order chi connectivity index (χ0) is 19.1. The number of nitrogen functional groups attached to an aromatic ring is 1. The van der Waals surface area contributed by atoms with Crippen LogP contribution in [0, 0.1) is 12.8 Å². The lowest BCUT2D eigenvalue weighted by Gasteiger charge is -2.18. The molecule has 0 aliphatic rings. The summed E-state index contributed by atoms with van der Waals surface area (Å²) in [5.74, 6) is -2.64. The Balaban J connectivity index is 0.000000640. The quantitative estimate of drug-likeness (QED) is 0.620. The second-order valence-corrected chi connectivity index (χ2v) is 5.07. The molecule has 1 unspecified atom stereocenters. The van der Waals surface area contributed by atoms with E-state index in [1.165, 1.54) is 0 Å².